The Labute approximate surface area is 91.9 Å². The SMILES string of the molecule is C=C(C)C(=O)OCCN(C)C.Cl.Cl. The number of carbonyl (C=O) groups excluding carboxylic acids is 1. The van der Waals surface area contributed by atoms with Crippen molar-refractivity contribution in [3.63, 3.8) is 0 Å². The van der Waals surface area contributed by atoms with Gasteiger partial charge in [0.15, 0.2) is 0 Å². The van der Waals surface area contributed by atoms with E-state index in [1.807, 2.05) is 19.0 Å². The molecule has 0 unspecified atom stereocenters. The molecule has 0 N–H and O–H groups in total. The van der Waals surface area contributed by atoms with Crippen molar-refractivity contribution in [1.29, 1.82) is 0 Å². The molecule has 0 atom stereocenters. The molecule has 13 heavy (non-hydrogen) atoms. The molecular formula is C8H17Cl2NO2. The molecule has 0 fully saturated rings. The molecule has 0 bridgehead atoms. The van der Waals surface area contributed by atoms with Crippen LogP contribution in [0.3, 0.4) is 0 Å². The van der Waals surface area contributed by atoms with Crippen LogP contribution in [0.4, 0.5) is 0 Å². The minimum absolute atomic E-state index is 0. The fraction of sp³-hybridized carbons (Fsp3) is 0.625. The summed E-state index contributed by atoms with van der Waals surface area (Å²) in [6.07, 6.45) is 0. The standard InChI is InChI=1S/C8H15NO2.2ClH/c1-7(2)8(10)11-6-5-9(3)4;;/h1,5-6H2,2-4H3;2*1H. The van der Waals surface area contributed by atoms with E-state index in [-0.39, 0.29) is 30.8 Å². The molecule has 0 spiro atoms. The molecule has 0 amide bonds. The summed E-state index contributed by atoms with van der Waals surface area (Å²) in [5.74, 6) is -0.313. The molecule has 0 saturated heterocycles. The van der Waals surface area contributed by atoms with Gasteiger partial charge in [0.25, 0.3) is 0 Å². The predicted octanol–water partition coefficient (Wildman–Crippen LogP) is 1.51. The summed E-state index contributed by atoms with van der Waals surface area (Å²) >= 11 is 0. The zero-order valence-electron chi connectivity index (χ0n) is 8.20. The predicted molar refractivity (Wildman–Crippen MR) is 58.8 cm³/mol. The van der Waals surface area contributed by atoms with Crippen LogP contribution in [0.1, 0.15) is 6.92 Å². The topological polar surface area (TPSA) is 29.5 Å². The zero-order chi connectivity index (χ0) is 8.85. The van der Waals surface area contributed by atoms with Crippen LogP contribution >= 0.6 is 24.8 Å². The lowest BCUT2D eigenvalue weighted by atomic mass is 10.4. The number of hydrogen-bond donors (Lipinski definition) is 0. The van der Waals surface area contributed by atoms with Gasteiger partial charge in [-0.05, 0) is 21.0 Å². The van der Waals surface area contributed by atoms with Gasteiger partial charge in [-0.15, -0.1) is 24.8 Å². The lowest BCUT2D eigenvalue weighted by molar-refractivity contribution is -0.139. The van der Waals surface area contributed by atoms with E-state index in [9.17, 15) is 4.79 Å². The van der Waals surface area contributed by atoms with Crippen LogP contribution in [0.2, 0.25) is 0 Å². The van der Waals surface area contributed by atoms with Crippen LogP contribution in [-0.4, -0.2) is 38.1 Å². The van der Waals surface area contributed by atoms with Crippen molar-refractivity contribution in [3.8, 4) is 0 Å². The van der Waals surface area contributed by atoms with Gasteiger partial charge >= 0.3 is 5.97 Å². The van der Waals surface area contributed by atoms with Crippen LogP contribution in [-0.2, 0) is 9.53 Å². The van der Waals surface area contributed by atoms with Crippen LogP contribution in [0.25, 0.3) is 0 Å². The van der Waals surface area contributed by atoms with Crippen LogP contribution in [0, 0.1) is 0 Å². The number of likely N-dealkylation sites (N-methyl/N-ethyl adjacent to an activating group) is 1. The largest absolute Gasteiger partial charge is 0.461 e. The molecule has 0 aliphatic rings. The number of hydrogen-bond acceptors (Lipinski definition) is 3. The maximum atomic E-state index is 10.8. The third kappa shape index (κ3) is 11.8. The molecule has 3 nitrogen and oxygen atoms in total. The average Bonchev–Trinajstić information content (AvgIpc) is 1.86. The van der Waals surface area contributed by atoms with Gasteiger partial charge in [0, 0.05) is 12.1 Å². The van der Waals surface area contributed by atoms with Crippen molar-refractivity contribution >= 4 is 30.8 Å². The van der Waals surface area contributed by atoms with E-state index in [0.717, 1.165) is 6.54 Å². The van der Waals surface area contributed by atoms with Gasteiger partial charge in [0.1, 0.15) is 6.61 Å². The van der Waals surface area contributed by atoms with Gasteiger partial charge < -0.3 is 9.64 Å². The molecule has 0 rings (SSSR count). The molecule has 0 aromatic heterocycles. The van der Waals surface area contributed by atoms with Crippen LogP contribution < -0.4 is 0 Å². The minimum Gasteiger partial charge on any atom is -0.461 e. The Morgan fingerprint density at radius 1 is 1.38 bits per heavy atom. The van der Waals surface area contributed by atoms with E-state index in [2.05, 4.69) is 6.58 Å². The van der Waals surface area contributed by atoms with Crippen LogP contribution in [0.15, 0.2) is 12.2 Å². The fourth-order valence-corrected chi connectivity index (χ4v) is 0.444. The van der Waals surface area contributed by atoms with Crippen molar-refractivity contribution in [2.75, 3.05) is 27.2 Å². The highest BCUT2D eigenvalue weighted by molar-refractivity contribution is 5.86. The highest BCUT2D eigenvalue weighted by Crippen LogP contribution is 1.91. The third-order valence-corrected chi connectivity index (χ3v) is 1.12. The van der Waals surface area contributed by atoms with E-state index >= 15 is 0 Å². The van der Waals surface area contributed by atoms with Gasteiger partial charge in [-0.2, -0.15) is 0 Å². The van der Waals surface area contributed by atoms with E-state index in [4.69, 9.17) is 4.74 Å². The second-order valence-electron chi connectivity index (χ2n) is 2.72. The lowest BCUT2D eigenvalue weighted by Gasteiger charge is -2.09. The quantitative estimate of drug-likeness (QED) is 0.541. The van der Waals surface area contributed by atoms with Gasteiger partial charge in [-0.3, -0.25) is 0 Å². The number of esters is 1. The summed E-state index contributed by atoms with van der Waals surface area (Å²) in [5, 5.41) is 0. The van der Waals surface area contributed by atoms with Gasteiger partial charge in [-0.25, -0.2) is 4.79 Å². The summed E-state index contributed by atoms with van der Waals surface area (Å²) in [7, 11) is 3.85. The molecule has 0 saturated carbocycles. The van der Waals surface area contributed by atoms with E-state index < -0.39 is 0 Å². The second-order valence-corrected chi connectivity index (χ2v) is 2.72. The number of ether oxygens (including phenoxy) is 1. The molecule has 0 radical (unpaired) electrons. The Kier molecular flexibility index (Phi) is 14.0. The van der Waals surface area contributed by atoms with Crippen molar-refractivity contribution in [1.82, 2.24) is 4.90 Å². The Morgan fingerprint density at radius 2 is 1.85 bits per heavy atom. The third-order valence-electron chi connectivity index (χ3n) is 1.12. The Morgan fingerprint density at radius 3 is 2.15 bits per heavy atom. The monoisotopic (exact) mass is 229 g/mol. The molecule has 5 heteroatoms. The molecular weight excluding hydrogens is 213 g/mol. The molecule has 80 valence electrons. The van der Waals surface area contributed by atoms with Crippen LogP contribution in [0.5, 0.6) is 0 Å². The van der Waals surface area contributed by atoms with E-state index in [1.165, 1.54) is 0 Å². The first-order chi connectivity index (χ1) is 5.04. The first kappa shape index (κ1) is 18.5. The first-order valence-corrected chi connectivity index (χ1v) is 3.51. The second kappa shape index (κ2) is 9.84. The molecule has 0 aliphatic heterocycles. The zero-order valence-corrected chi connectivity index (χ0v) is 9.83. The van der Waals surface area contributed by atoms with Gasteiger partial charge in [0.2, 0.25) is 0 Å². The summed E-state index contributed by atoms with van der Waals surface area (Å²) in [6, 6.07) is 0. The number of halogens is 2. The Hall–Kier alpha value is -0.250. The highest BCUT2D eigenvalue weighted by Gasteiger charge is 2.01. The molecule has 0 heterocycles. The normalized spacial score (nSPS) is 8.31. The maximum Gasteiger partial charge on any atom is 0.333 e. The number of rotatable bonds is 4. The number of carbonyl (C=O) groups is 1. The Bertz CT molecular complexity index is 160. The van der Waals surface area contributed by atoms with E-state index in [0.29, 0.717) is 12.2 Å². The maximum absolute atomic E-state index is 10.8. The Balaban J connectivity index is -0.000000500. The minimum atomic E-state index is -0.313. The highest BCUT2D eigenvalue weighted by atomic mass is 35.5. The number of nitrogens with zero attached hydrogens (tertiary/aromatic N) is 1. The summed E-state index contributed by atoms with van der Waals surface area (Å²) in [4.78, 5) is 12.7. The summed E-state index contributed by atoms with van der Waals surface area (Å²) < 4.78 is 4.83. The molecule has 0 aliphatic carbocycles. The van der Waals surface area contributed by atoms with Crippen molar-refractivity contribution in [3.05, 3.63) is 12.2 Å². The van der Waals surface area contributed by atoms with Crippen molar-refractivity contribution in [2.45, 2.75) is 6.92 Å². The lowest BCUT2D eigenvalue weighted by Crippen LogP contribution is -2.20. The first-order valence-electron chi connectivity index (χ1n) is 3.51. The van der Waals surface area contributed by atoms with Crippen molar-refractivity contribution in [2.24, 2.45) is 0 Å². The van der Waals surface area contributed by atoms with Gasteiger partial charge in [-0.1, -0.05) is 6.58 Å². The molecule has 0 aromatic rings. The van der Waals surface area contributed by atoms with Gasteiger partial charge in [0.05, 0.1) is 0 Å². The summed E-state index contributed by atoms with van der Waals surface area (Å²) in [5.41, 5.74) is 0.448. The fourth-order valence-electron chi connectivity index (χ4n) is 0.444. The van der Waals surface area contributed by atoms with Crippen molar-refractivity contribution < 1.29 is 9.53 Å². The molecule has 0 aromatic carbocycles. The summed E-state index contributed by atoms with van der Waals surface area (Å²) in [6.45, 7) is 6.28. The van der Waals surface area contributed by atoms with E-state index in [1.54, 1.807) is 6.92 Å². The smallest absolute Gasteiger partial charge is 0.333 e. The average molecular weight is 230 g/mol.